The Hall–Kier alpha value is -0.340. The summed E-state index contributed by atoms with van der Waals surface area (Å²) in [4.78, 5) is 0. The van der Waals surface area contributed by atoms with Crippen LogP contribution in [0.5, 0.6) is 0 Å². The lowest BCUT2D eigenvalue weighted by atomic mass is 9.47. The van der Waals surface area contributed by atoms with Crippen LogP contribution in [0.4, 0.5) is 0 Å². The molecule has 4 saturated carbocycles. The van der Waals surface area contributed by atoms with Crippen molar-refractivity contribution in [3.05, 3.63) is 11.6 Å². The number of hydrogen-bond donors (Lipinski definition) is 2. The second-order valence-electron chi connectivity index (χ2n) is 11.9. The maximum absolute atomic E-state index is 10.5. The fourth-order valence-electron chi connectivity index (χ4n) is 8.74. The van der Waals surface area contributed by atoms with E-state index in [4.69, 9.17) is 0 Å². The van der Waals surface area contributed by atoms with Crippen LogP contribution in [0.3, 0.4) is 0 Å². The van der Waals surface area contributed by atoms with Gasteiger partial charge >= 0.3 is 0 Å². The Morgan fingerprint density at radius 3 is 2.57 bits per heavy atom. The Labute approximate surface area is 172 Å². The number of rotatable bonds is 4. The molecule has 0 radical (unpaired) electrons. The molecule has 0 heterocycles. The largest absolute Gasteiger partial charge is 0.393 e. The Morgan fingerprint density at radius 1 is 1.00 bits per heavy atom. The molecule has 5 rings (SSSR count). The van der Waals surface area contributed by atoms with E-state index in [1.807, 2.05) is 0 Å². The third-order valence-electron chi connectivity index (χ3n) is 10.8. The molecule has 0 aliphatic heterocycles. The fourth-order valence-corrected chi connectivity index (χ4v) is 8.74. The second kappa shape index (κ2) is 6.84. The molecule has 0 bridgehead atoms. The van der Waals surface area contributed by atoms with Crippen molar-refractivity contribution in [3.8, 4) is 0 Å². The van der Waals surface area contributed by atoms with E-state index in [9.17, 15) is 10.2 Å². The number of hydrogen-bond acceptors (Lipinski definition) is 2. The van der Waals surface area contributed by atoms with Gasteiger partial charge in [-0.05, 0) is 118 Å². The zero-order chi connectivity index (χ0) is 19.6. The van der Waals surface area contributed by atoms with Crippen LogP contribution >= 0.6 is 0 Å². The lowest BCUT2D eigenvalue weighted by Gasteiger charge is -2.58. The number of aliphatic hydroxyl groups is 2. The molecule has 2 heteroatoms. The van der Waals surface area contributed by atoms with Gasteiger partial charge in [-0.2, -0.15) is 0 Å². The molecule has 0 aromatic rings. The number of fused-ring (bicyclic) bond motifs is 5. The van der Waals surface area contributed by atoms with Crippen molar-refractivity contribution in [1.82, 2.24) is 0 Å². The van der Waals surface area contributed by atoms with Crippen LogP contribution < -0.4 is 0 Å². The molecule has 0 saturated heterocycles. The van der Waals surface area contributed by atoms with Gasteiger partial charge in [0, 0.05) is 0 Å². The first-order valence-electron chi connectivity index (χ1n) is 12.4. The standard InChI is InChI=1S/C26H42O2/c1-24-16-11-23-21(8-6-19-17-20(27)10-15-25(19,23)2)22(24)9-7-18(24)5-3-12-26(28)13-4-14-26/h6,18,20-23,27-28H,3-5,7-17H2,1-2H3. The zero-order valence-electron chi connectivity index (χ0n) is 18.3. The molecular weight excluding hydrogens is 344 g/mol. The average molecular weight is 387 g/mol. The third-order valence-corrected chi connectivity index (χ3v) is 10.8. The van der Waals surface area contributed by atoms with E-state index in [1.165, 1.54) is 57.8 Å². The average Bonchev–Trinajstić information content (AvgIpc) is 2.97. The molecule has 0 amide bonds. The molecule has 4 fully saturated rings. The quantitative estimate of drug-likeness (QED) is 0.581. The summed E-state index contributed by atoms with van der Waals surface area (Å²) >= 11 is 0. The molecule has 28 heavy (non-hydrogen) atoms. The second-order valence-corrected chi connectivity index (χ2v) is 11.9. The first kappa shape index (κ1) is 19.6. The van der Waals surface area contributed by atoms with Crippen LogP contribution in [0.15, 0.2) is 11.6 Å². The molecule has 2 nitrogen and oxygen atoms in total. The molecule has 7 atom stereocenters. The minimum Gasteiger partial charge on any atom is -0.393 e. The third kappa shape index (κ3) is 2.96. The van der Waals surface area contributed by atoms with Crippen LogP contribution in [0.2, 0.25) is 0 Å². The molecule has 0 spiro atoms. The van der Waals surface area contributed by atoms with E-state index in [0.29, 0.717) is 10.8 Å². The zero-order valence-corrected chi connectivity index (χ0v) is 18.3. The van der Waals surface area contributed by atoms with Crippen LogP contribution in [-0.4, -0.2) is 21.9 Å². The molecule has 7 unspecified atom stereocenters. The van der Waals surface area contributed by atoms with Gasteiger partial charge in [-0.3, -0.25) is 0 Å². The van der Waals surface area contributed by atoms with Gasteiger partial charge in [0.2, 0.25) is 0 Å². The van der Waals surface area contributed by atoms with E-state index < -0.39 is 0 Å². The lowest BCUT2D eigenvalue weighted by molar-refractivity contribution is -0.0568. The van der Waals surface area contributed by atoms with E-state index in [1.54, 1.807) is 5.57 Å². The predicted molar refractivity (Wildman–Crippen MR) is 114 cm³/mol. The van der Waals surface area contributed by atoms with Crippen LogP contribution in [-0.2, 0) is 0 Å². The summed E-state index contributed by atoms with van der Waals surface area (Å²) in [5, 5.41) is 20.7. The molecule has 5 aliphatic carbocycles. The smallest absolute Gasteiger partial charge is 0.0647 e. The molecule has 0 aromatic carbocycles. The van der Waals surface area contributed by atoms with Crippen molar-refractivity contribution in [1.29, 1.82) is 0 Å². The summed E-state index contributed by atoms with van der Waals surface area (Å²) in [5.74, 6) is 3.52. The normalized spacial score (nSPS) is 49.4. The van der Waals surface area contributed by atoms with Gasteiger partial charge in [-0.25, -0.2) is 0 Å². The SMILES string of the molecule is CC12CCC(O)CC1=CCC1C2CCC2(C)C(CCCC3(O)CCC3)CCC12. The molecule has 2 N–H and O–H groups in total. The van der Waals surface area contributed by atoms with Gasteiger partial charge < -0.3 is 10.2 Å². The van der Waals surface area contributed by atoms with Gasteiger partial charge in [0.05, 0.1) is 11.7 Å². The van der Waals surface area contributed by atoms with Gasteiger partial charge in [-0.15, -0.1) is 0 Å². The highest BCUT2D eigenvalue weighted by Crippen LogP contribution is 2.66. The van der Waals surface area contributed by atoms with Gasteiger partial charge in [-0.1, -0.05) is 31.9 Å². The van der Waals surface area contributed by atoms with Crippen molar-refractivity contribution in [2.75, 3.05) is 0 Å². The summed E-state index contributed by atoms with van der Waals surface area (Å²) < 4.78 is 0. The number of aliphatic hydroxyl groups excluding tert-OH is 1. The van der Waals surface area contributed by atoms with Crippen molar-refractivity contribution < 1.29 is 10.2 Å². The first-order valence-corrected chi connectivity index (χ1v) is 12.4. The minimum atomic E-state index is -0.290. The van der Waals surface area contributed by atoms with Gasteiger partial charge in [0.1, 0.15) is 0 Å². The van der Waals surface area contributed by atoms with Crippen LogP contribution in [0.25, 0.3) is 0 Å². The lowest BCUT2D eigenvalue weighted by Crippen LogP contribution is -2.50. The summed E-state index contributed by atoms with van der Waals surface area (Å²) in [6, 6.07) is 0. The monoisotopic (exact) mass is 386 g/mol. The van der Waals surface area contributed by atoms with Crippen molar-refractivity contribution in [2.45, 2.75) is 115 Å². The van der Waals surface area contributed by atoms with E-state index in [2.05, 4.69) is 19.9 Å². The highest BCUT2D eigenvalue weighted by molar-refractivity contribution is 5.25. The van der Waals surface area contributed by atoms with Crippen LogP contribution in [0, 0.1) is 34.5 Å². The fraction of sp³-hybridized carbons (Fsp3) is 0.923. The first-order chi connectivity index (χ1) is 13.3. The highest BCUT2D eigenvalue weighted by atomic mass is 16.3. The predicted octanol–water partition coefficient (Wildman–Crippen LogP) is 6.01. The molecular formula is C26H42O2. The minimum absolute atomic E-state index is 0.0916. The maximum Gasteiger partial charge on any atom is 0.0647 e. The Kier molecular flexibility index (Phi) is 4.79. The van der Waals surface area contributed by atoms with Gasteiger partial charge in [0.15, 0.2) is 0 Å². The van der Waals surface area contributed by atoms with Crippen LogP contribution in [0.1, 0.15) is 104 Å². The molecule has 0 aromatic heterocycles. The highest BCUT2D eigenvalue weighted by Gasteiger charge is 2.58. The summed E-state index contributed by atoms with van der Waals surface area (Å²) in [6.07, 6.45) is 19.5. The summed E-state index contributed by atoms with van der Waals surface area (Å²) in [6.45, 7) is 5.17. The maximum atomic E-state index is 10.5. The Bertz CT molecular complexity index is 634. The van der Waals surface area contributed by atoms with Gasteiger partial charge in [0.25, 0.3) is 0 Å². The number of allylic oxidation sites excluding steroid dienone is 1. The molecule has 158 valence electrons. The summed E-state index contributed by atoms with van der Waals surface area (Å²) in [7, 11) is 0. The molecule has 5 aliphatic rings. The van der Waals surface area contributed by atoms with Crippen molar-refractivity contribution in [2.24, 2.45) is 34.5 Å². The Morgan fingerprint density at radius 2 is 1.82 bits per heavy atom. The summed E-state index contributed by atoms with van der Waals surface area (Å²) in [5.41, 5.74) is 2.22. The topological polar surface area (TPSA) is 40.5 Å². The Balaban J connectivity index is 1.28. The van der Waals surface area contributed by atoms with E-state index in [-0.39, 0.29) is 11.7 Å². The van der Waals surface area contributed by atoms with Crippen molar-refractivity contribution >= 4 is 0 Å². The van der Waals surface area contributed by atoms with E-state index >= 15 is 0 Å². The van der Waals surface area contributed by atoms with E-state index in [0.717, 1.165) is 55.8 Å². The van der Waals surface area contributed by atoms with Crippen molar-refractivity contribution in [3.63, 3.8) is 0 Å².